The molecule has 10 heteroatoms. The minimum Gasteiger partial charge on any atom is -0.497 e. The molecule has 0 amide bonds. The third-order valence-electron chi connectivity index (χ3n) is 9.90. The van der Waals surface area contributed by atoms with Crippen LogP contribution in [0.2, 0.25) is 0 Å². The van der Waals surface area contributed by atoms with Crippen LogP contribution in [-0.2, 0) is 9.47 Å². The quantitative estimate of drug-likeness (QED) is 0.246. The molecule has 0 saturated carbocycles. The predicted molar refractivity (Wildman–Crippen MR) is 167 cm³/mol. The highest BCUT2D eigenvalue weighted by Crippen LogP contribution is 2.53. The summed E-state index contributed by atoms with van der Waals surface area (Å²) < 4.78 is 56.7. The standard InChI is InChI=1S/C20H18O6.C17H16O4/c1-3-15-17(25-9-23-15)5-11(1)19-13-7-22-20(14(13)8-21-19)12-2-4-16-18(6-12)26-10-24-16;1-18-10-4-6-13-15(7-10)20-9-14-12-5-3-11(19-2)8-16(12)21-17(13)14/h1-6,13-14,19-20H,7-10H2;3-8,14,17H,9H2,1-2H3. The van der Waals surface area contributed by atoms with Gasteiger partial charge in [-0.05, 0) is 53.6 Å². The first kappa shape index (κ1) is 28.4. The first-order valence-corrected chi connectivity index (χ1v) is 15.8. The van der Waals surface area contributed by atoms with Crippen molar-refractivity contribution in [2.45, 2.75) is 24.2 Å². The van der Waals surface area contributed by atoms with Gasteiger partial charge in [0.2, 0.25) is 13.6 Å². The average molecular weight is 639 g/mol. The molecule has 6 aliphatic rings. The summed E-state index contributed by atoms with van der Waals surface area (Å²) in [6.07, 6.45) is 0.0452. The van der Waals surface area contributed by atoms with E-state index in [0.29, 0.717) is 31.7 Å². The SMILES string of the molecule is COc1ccc2c(c1)OC1c3ccc(OC)cc3OCC21.c1cc2c(cc1C1OCC3C(c4ccc5c(c4)OCO5)OCC13)OCO2. The lowest BCUT2D eigenvalue weighted by Gasteiger charge is -2.28. The number of ether oxygens (including phenoxy) is 10. The van der Waals surface area contributed by atoms with Gasteiger partial charge in [-0.1, -0.05) is 18.2 Å². The zero-order valence-corrected chi connectivity index (χ0v) is 26.0. The Morgan fingerprint density at radius 1 is 0.489 bits per heavy atom. The number of benzene rings is 4. The molecule has 0 aliphatic carbocycles. The second-order valence-corrected chi connectivity index (χ2v) is 12.3. The van der Waals surface area contributed by atoms with Crippen LogP contribution in [0.25, 0.3) is 0 Å². The Kier molecular flexibility index (Phi) is 6.93. The van der Waals surface area contributed by atoms with Crippen LogP contribution in [0.15, 0.2) is 72.8 Å². The first-order valence-electron chi connectivity index (χ1n) is 15.8. The lowest BCUT2D eigenvalue weighted by molar-refractivity contribution is 0.0192. The van der Waals surface area contributed by atoms with Crippen LogP contribution in [-0.4, -0.2) is 47.6 Å². The van der Waals surface area contributed by atoms with E-state index in [-0.39, 0.29) is 37.8 Å². The minimum atomic E-state index is 0.00163. The summed E-state index contributed by atoms with van der Waals surface area (Å²) in [5.41, 5.74) is 4.50. The van der Waals surface area contributed by atoms with E-state index in [0.717, 1.165) is 62.7 Å². The molecule has 0 spiro atoms. The molecule has 6 atom stereocenters. The van der Waals surface area contributed by atoms with Gasteiger partial charge in [-0.3, -0.25) is 0 Å². The smallest absolute Gasteiger partial charge is 0.231 e. The summed E-state index contributed by atoms with van der Waals surface area (Å²) in [7, 11) is 3.32. The largest absolute Gasteiger partial charge is 0.497 e. The Morgan fingerprint density at radius 2 is 1.04 bits per heavy atom. The lowest BCUT2D eigenvalue weighted by atomic mass is 9.85. The van der Waals surface area contributed by atoms with Crippen molar-refractivity contribution < 1.29 is 47.4 Å². The molecular formula is C37H34O10. The fourth-order valence-corrected chi connectivity index (χ4v) is 7.49. The van der Waals surface area contributed by atoms with E-state index in [2.05, 4.69) is 18.2 Å². The molecule has 10 rings (SSSR count). The van der Waals surface area contributed by atoms with Gasteiger partial charge in [-0.2, -0.15) is 0 Å². The van der Waals surface area contributed by atoms with Crippen molar-refractivity contribution in [3.05, 3.63) is 95.1 Å². The molecule has 6 heterocycles. The van der Waals surface area contributed by atoms with Crippen LogP contribution in [0.3, 0.4) is 0 Å². The van der Waals surface area contributed by atoms with Crippen LogP contribution in [0, 0.1) is 11.8 Å². The van der Waals surface area contributed by atoms with E-state index in [1.165, 1.54) is 5.56 Å². The summed E-state index contributed by atoms with van der Waals surface area (Å²) in [6, 6.07) is 24.0. The maximum absolute atomic E-state index is 6.18. The molecule has 47 heavy (non-hydrogen) atoms. The topological polar surface area (TPSA) is 92.3 Å². The van der Waals surface area contributed by atoms with Gasteiger partial charge in [0, 0.05) is 35.1 Å². The molecule has 0 bridgehead atoms. The van der Waals surface area contributed by atoms with Crippen LogP contribution < -0.4 is 37.9 Å². The van der Waals surface area contributed by atoms with E-state index < -0.39 is 0 Å². The molecular weight excluding hydrogens is 604 g/mol. The highest BCUT2D eigenvalue weighted by Gasteiger charge is 2.48. The second-order valence-electron chi connectivity index (χ2n) is 12.3. The first-order chi connectivity index (χ1) is 23.2. The van der Waals surface area contributed by atoms with E-state index in [4.69, 9.17) is 47.4 Å². The Hall–Kier alpha value is -4.80. The number of hydrogen-bond donors (Lipinski definition) is 0. The molecule has 6 aliphatic heterocycles. The van der Waals surface area contributed by atoms with Crippen molar-refractivity contribution in [1.82, 2.24) is 0 Å². The highest BCUT2D eigenvalue weighted by atomic mass is 16.7. The van der Waals surface area contributed by atoms with E-state index in [9.17, 15) is 0 Å². The summed E-state index contributed by atoms with van der Waals surface area (Å²) >= 11 is 0. The van der Waals surface area contributed by atoms with Crippen molar-refractivity contribution in [2.75, 3.05) is 47.6 Å². The monoisotopic (exact) mass is 638 g/mol. The molecule has 6 unspecified atom stereocenters. The van der Waals surface area contributed by atoms with Gasteiger partial charge in [-0.15, -0.1) is 0 Å². The molecule has 10 nitrogen and oxygen atoms in total. The van der Waals surface area contributed by atoms with Gasteiger partial charge < -0.3 is 47.4 Å². The third kappa shape index (κ3) is 4.85. The fourth-order valence-electron chi connectivity index (χ4n) is 7.49. The van der Waals surface area contributed by atoms with Gasteiger partial charge in [0.1, 0.15) is 29.1 Å². The van der Waals surface area contributed by atoms with E-state index >= 15 is 0 Å². The van der Waals surface area contributed by atoms with Crippen molar-refractivity contribution in [2.24, 2.45) is 11.8 Å². The third-order valence-corrected chi connectivity index (χ3v) is 9.90. The molecule has 0 N–H and O–H groups in total. The van der Waals surface area contributed by atoms with Gasteiger partial charge in [0.05, 0.1) is 52.2 Å². The minimum absolute atomic E-state index is 0.00163. The Labute approximate surface area is 271 Å². The van der Waals surface area contributed by atoms with Crippen LogP contribution in [0.1, 0.15) is 46.5 Å². The summed E-state index contributed by atoms with van der Waals surface area (Å²) in [4.78, 5) is 0. The Morgan fingerprint density at radius 3 is 1.64 bits per heavy atom. The maximum Gasteiger partial charge on any atom is 0.231 e. The zero-order chi connectivity index (χ0) is 31.5. The van der Waals surface area contributed by atoms with Gasteiger partial charge in [-0.25, -0.2) is 0 Å². The van der Waals surface area contributed by atoms with E-state index in [1.54, 1.807) is 14.2 Å². The highest BCUT2D eigenvalue weighted by molar-refractivity contribution is 5.53. The second kappa shape index (κ2) is 11.5. The summed E-state index contributed by atoms with van der Waals surface area (Å²) in [6.45, 7) is 2.55. The Balaban J connectivity index is 0.000000132. The number of fused-ring (bicyclic) bond motifs is 8. The van der Waals surface area contributed by atoms with E-state index in [1.807, 2.05) is 54.6 Å². The number of methoxy groups -OCH3 is 2. The summed E-state index contributed by atoms with van der Waals surface area (Å²) in [5.74, 6) is 7.39. The molecule has 0 radical (unpaired) electrons. The summed E-state index contributed by atoms with van der Waals surface area (Å²) in [5, 5.41) is 0. The lowest BCUT2D eigenvalue weighted by Crippen LogP contribution is -2.23. The van der Waals surface area contributed by atoms with Crippen molar-refractivity contribution in [3.63, 3.8) is 0 Å². The van der Waals surface area contributed by atoms with Crippen molar-refractivity contribution >= 4 is 0 Å². The molecule has 2 fully saturated rings. The molecule has 0 aromatic heterocycles. The average Bonchev–Trinajstić information content (AvgIpc) is 3.95. The zero-order valence-electron chi connectivity index (χ0n) is 26.0. The molecule has 2 saturated heterocycles. The number of rotatable bonds is 4. The van der Waals surface area contributed by atoms with Crippen LogP contribution in [0.5, 0.6) is 46.0 Å². The molecule has 4 aromatic rings. The number of hydrogen-bond acceptors (Lipinski definition) is 10. The van der Waals surface area contributed by atoms with Crippen LogP contribution in [0.4, 0.5) is 0 Å². The predicted octanol–water partition coefficient (Wildman–Crippen LogP) is 6.53. The normalized spacial score (nSPS) is 26.5. The Bertz CT molecular complexity index is 1750. The molecule has 4 aromatic carbocycles. The van der Waals surface area contributed by atoms with Crippen LogP contribution >= 0.6 is 0 Å². The maximum atomic E-state index is 6.18. The molecule has 242 valence electrons. The fraction of sp³-hybridized carbons (Fsp3) is 0.351. The van der Waals surface area contributed by atoms with Gasteiger partial charge in [0.25, 0.3) is 0 Å². The van der Waals surface area contributed by atoms with Crippen molar-refractivity contribution in [3.8, 4) is 46.0 Å². The van der Waals surface area contributed by atoms with Crippen molar-refractivity contribution in [1.29, 1.82) is 0 Å². The van der Waals surface area contributed by atoms with Gasteiger partial charge >= 0.3 is 0 Å². The van der Waals surface area contributed by atoms with Gasteiger partial charge in [0.15, 0.2) is 23.0 Å².